The number of hydrogen-bond acceptors (Lipinski definition) is 6. The van der Waals surface area contributed by atoms with Gasteiger partial charge in [0, 0.05) is 42.2 Å². The molecule has 8 heteroatoms. The van der Waals surface area contributed by atoms with Gasteiger partial charge in [-0.3, -0.25) is 19.5 Å². The lowest BCUT2D eigenvalue weighted by molar-refractivity contribution is -0.138. The van der Waals surface area contributed by atoms with E-state index < -0.39 is 11.4 Å². The highest BCUT2D eigenvalue weighted by Gasteiger charge is 2.51. The van der Waals surface area contributed by atoms with E-state index in [9.17, 15) is 9.59 Å². The minimum atomic E-state index is -0.849. The Morgan fingerprint density at radius 2 is 2.03 bits per heavy atom. The van der Waals surface area contributed by atoms with Crippen LogP contribution in [0.15, 0.2) is 41.5 Å². The topological polar surface area (TPSA) is 95.3 Å². The summed E-state index contributed by atoms with van der Waals surface area (Å²) in [4.78, 5) is 37.4. The first-order chi connectivity index (χ1) is 15.8. The number of likely N-dealkylation sites (tertiary alicyclic amines) is 1. The Morgan fingerprint density at radius 3 is 2.76 bits per heavy atom. The normalized spacial score (nSPS) is 22.3. The van der Waals surface area contributed by atoms with E-state index in [-0.39, 0.29) is 18.6 Å². The molecule has 2 aromatic rings. The van der Waals surface area contributed by atoms with Crippen molar-refractivity contribution >= 4 is 23.3 Å². The van der Waals surface area contributed by atoms with Gasteiger partial charge in [0.05, 0.1) is 30.3 Å². The van der Waals surface area contributed by atoms with Crippen molar-refractivity contribution in [3.05, 3.63) is 53.2 Å². The zero-order valence-electron chi connectivity index (χ0n) is 19.0. The number of aliphatic carboxylic acids is 1. The second-order valence-corrected chi connectivity index (χ2v) is 9.40. The number of pyridine rings is 1. The van der Waals surface area contributed by atoms with Gasteiger partial charge in [-0.25, -0.2) is 4.98 Å². The van der Waals surface area contributed by atoms with Gasteiger partial charge >= 0.3 is 5.97 Å². The van der Waals surface area contributed by atoms with Gasteiger partial charge in [0.2, 0.25) is 11.8 Å². The summed E-state index contributed by atoms with van der Waals surface area (Å²) < 4.78 is 5.64. The SMILES string of the molecule is CC(C)Oc1ccc(C2=NCc3ccc(N4CC[C@]5(CCN(CC(=O)O)C5)C4=O)cc32)cn1. The molecule has 0 bridgehead atoms. The van der Waals surface area contributed by atoms with Crippen LogP contribution >= 0.6 is 0 Å². The molecule has 0 aliphatic carbocycles. The first kappa shape index (κ1) is 21.6. The van der Waals surface area contributed by atoms with Gasteiger partial charge in [-0.05, 0) is 57.0 Å². The number of rotatable bonds is 6. The number of amides is 1. The standard InChI is InChI=1S/C25H28N4O4/c1-16(2)33-21-6-4-18(13-26-21)23-20-11-19(5-3-17(20)12-27-23)29-10-8-25(24(29)32)7-9-28(15-25)14-22(30)31/h3-6,11,13,16H,7-10,12,14-15H2,1-2H3,(H,30,31)/t25-/m0/s1. The van der Waals surface area contributed by atoms with E-state index in [2.05, 4.69) is 17.1 Å². The van der Waals surface area contributed by atoms with Crippen LogP contribution < -0.4 is 9.64 Å². The number of carboxylic acid groups (broad SMARTS) is 1. The summed E-state index contributed by atoms with van der Waals surface area (Å²) in [5.74, 6) is -0.162. The lowest BCUT2D eigenvalue weighted by atomic mass is 9.85. The molecule has 1 aromatic heterocycles. The molecule has 1 N–H and O–H groups in total. The monoisotopic (exact) mass is 448 g/mol. The van der Waals surface area contributed by atoms with E-state index >= 15 is 0 Å². The van der Waals surface area contributed by atoms with Crippen molar-refractivity contribution in [3.63, 3.8) is 0 Å². The molecule has 2 fully saturated rings. The number of benzene rings is 1. The number of hydrogen-bond donors (Lipinski definition) is 1. The number of fused-ring (bicyclic) bond motifs is 1. The Hall–Kier alpha value is -3.26. The van der Waals surface area contributed by atoms with Crippen molar-refractivity contribution in [1.29, 1.82) is 0 Å². The fourth-order valence-electron chi connectivity index (χ4n) is 5.15. The van der Waals surface area contributed by atoms with Gasteiger partial charge in [0.25, 0.3) is 0 Å². The summed E-state index contributed by atoms with van der Waals surface area (Å²) in [7, 11) is 0. The molecule has 0 radical (unpaired) electrons. The predicted molar refractivity (Wildman–Crippen MR) is 124 cm³/mol. The quantitative estimate of drug-likeness (QED) is 0.730. The summed E-state index contributed by atoms with van der Waals surface area (Å²) in [6.45, 7) is 6.34. The van der Waals surface area contributed by atoms with Gasteiger partial charge in [-0.2, -0.15) is 0 Å². The summed E-state index contributed by atoms with van der Waals surface area (Å²) in [5, 5.41) is 9.10. The molecule has 8 nitrogen and oxygen atoms in total. The molecule has 0 unspecified atom stereocenters. The largest absolute Gasteiger partial charge is 0.480 e. The molecule has 3 aliphatic rings. The maximum atomic E-state index is 13.4. The average molecular weight is 449 g/mol. The van der Waals surface area contributed by atoms with Gasteiger partial charge in [-0.15, -0.1) is 0 Å². The van der Waals surface area contributed by atoms with E-state index in [1.54, 1.807) is 6.20 Å². The molecule has 3 aliphatic heterocycles. The zero-order valence-corrected chi connectivity index (χ0v) is 19.0. The molecule has 1 amide bonds. The zero-order chi connectivity index (χ0) is 23.2. The molecule has 1 aromatic carbocycles. The molecule has 1 spiro atoms. The van der Waals surface area contributed by atoms with Crippen LogP contribution in [0.4, 0.5) is 5.69 Å². The molecule has 172 valence electrons. The molecular weight excluding hydrogens is 420 g/mol. The Morgan fingerprint density at radius 1 is 1.21 bits per heavy atom. The van der Waals surface area contributed by atoms with Gasteiger partial charge in [0.1, 0.15) is 0 Å². The molecule has 0 saturated carbocycles. The number of nitrogens with zero attached hydrogens (tertiary/aromatic N) is 4. The number of aromatic nitrogens is 1. The lowest BCUT2D eigenvalue weighted by Gasteiger charge is -2.24. The molecule has 33 heavy (non-hydrogen) atoms. The van der Waals surface area contributed by atoms with Crippen LogP contribution in [0.3, 0.4) is 0 Å². The van der Waals surface area contributed by atoms with Crippen molar-refractivity contribution in [2.24, 2.45) is 10.4 Å². The third-order valence-corrected chi connectivity index (χ3v) is 6.74. The van der Waals surface area contributed by atoms with Crippen LogP contribution in [0.2, 0.25) is 0 Å². The highest BCUT2D eigenvalue weighted by molar-refractivity contribution is 6.15. The van der Waals surface area contributed by atoms with Crippen LogP contribution in [-0.4, -0.2) is 64.9 Å². The minimum Gasteiger partial charge on any atom is -0.480 e. The molecule has 5 rings (SSSR count). The average Bonchev–Trinajstić information content (AvgIpc) is 3.46. The van der Waals surface area contributed by atoms with Crippen molar-refractivity contribution < 1.29 is 19.4 Å². The number of carbonyl (C=O) groups is 2. The summed E-state index contributed by atoms with van der Waals surface area (Å²) in [6, 6.07) is 9.93. The van der Waals surface area contributed by atoms with Gasteiger partial charge in [0.15, 0.2) is 0 Å². The van der Waals surface area contributed by atoms with E-state index in [0.717, 1.165) is 34.5 Å². The summed E-state index contributed by atoms with van der Waals surface area (Å²) in [5.41, 5.74) is 4.36. The highest BCUT2D eigenvalue weighted by Crippen LogP contribution is 2.42. The van der Waals surface area contributed by atoms with E-state index in [1.165, 1.54) is 0 Å². The Labute approximate surface area is 192 Å². The predicted octanol–water partition coefficient (Wildman–Crippen LogP) is 2.73. The molecule has 4 heterocycles. The maximum Gasteiger partial charge on any atom is 0.317 e. The summed E-state index contributed by atoms with van der Waals surface area (Å²) >= 11 is 0. The second-order valence-electron chi connectivity index (χ2n) is 9.40. The number of anilines is 1. The van der Waals surface area contributed by atoms with Crippen molar-refractivity contribution in [1.82, 2.24) is 9.88 Å². The number of aliphatic imine (C=N–C) groups is 1. The first-order valence-corrected chi connectivity index (χ1v) is 11.4. The fraction of sp³-hybridized carbons (Fsp3) is 0.440. The molecular formula is C25H28N4O4. The van der Waals surface area contributed by atoms with Crippen LogP contribution in [0, 0.1) is 5.41 Å². The van der Waals surface area contributed by atoms with Crippen molar-refractivity contribution in [2.45, 2.75) is 39.3 Å². The third kappa shape index (κ3) is 3.99. The Bertz CT molecular complexity index is 1130. The van der Waals surface area contributed by atoms with E-state index in [1.807, 2.05) is 41.8 Å². The first-order valence-electron chi connectivity index (χ1n) is 11.4. The van der Waals surface area contributed by atoms with Crippen molar-refractivity contribution in [2.75, 3.05) is 31.1 Å². The summed E-state index contributed by atoms with van der Waals surface area (Å²) in [6.07, 6.45) is 3.31. The van der Waals surface area contributed by atoms with Gasteiger partial charge in [-0.1, -0.05) is 6.07 Å². The maximum absolute atomic E-state index is 13.4. The van der Waals surface area contributed by atoms with Crippen LogP contribution in [0.25, 0.3) is 0 Å². The fourth-order valence-corrected chi connectivity index (χ4v) is 5.15. The highest BCUT2D eigenvalue weighted by atomic mass is 16.5. The lowest BCUT2D eigenvalue weighted by Crippen LogP contribution is -2.38. The van der Waals surface area contributed by atoms with Crippen LogP contribution in [0.5, 0.6) is 5.88 Å². The Balaban J connectivity index is 1.36. The number of ether oxygens (including phenoxy) is 1. The smallest absolute Gasteiger partial charge is 0.317 e. The van der Waals surface area contributed by atoms with Crippen molar-refractivity contribution in [3.8, 4) is 5.88 Å². The van der Waals surface area contributed by atoms with Crippen LogP contribution in [0.1, 0.15) is 43.4 Å². The van der Waals surface area contributed by atoms with Gasteiger partial charge < -0.3 is 14.7 Å². The number of carbonyl (C=O) groups excluding carboxylic acids is 1. The van der Waals surface area contributed by atoms with Crippen LogP contribution in [-0.2, 0) is 16.1 Å². The van der Waals surface area contributed by atoms with E-state index in [4.69, 9.17) is 14.8 Å². The second kappa shape index (κ2) is 8.26. The molecule has 1 atom stereocenters. The molecule has 2 saturated heterocycles. The third-order valence-electron chi connectivity index (χ3n) is 6.74. The van der Waals surface area contributed by atoms with E-state index in [0.29, 0.717) is 38.5 Å². The Kier molecular flexibility index (Phi) is 5.40. The minimum absolute atomic E-state index is 0.0112. The number of carboxylic acids is 1.